The van der Waals surface area contributed by atoms with Gasteiger partial charge in [-0.3, -0.25) is 5.01 Å². The van der Waals surface area contributed by atoms with Gasteiger partial charge in [-0.2, -0.15) is 18.3 Å². The van der Waals surface area contributed by atoms with Crippen molar-refractivity contribution in [2.24, 2.45) is 5.10 Å². The van der Waals surface area contributed by atoms with Crippen LogP contribution in [0.5, 0.6) is 0 Å². The first-order valence-corrected chi connectivity index (χ1v) is 7.18. The Labute approximate surface area is 135 Å². The summed E-state index contributed by atoms with van der Waals surface area (Å²) in [6.07, 6.45) is -4.35. The maximum atomic E-state index is 12.9. The summed E-state index contributed by atoms with van der Waals surface area (Å²) < 4.78 is 38.8. The van der Waals surface area contributed by atoms with Gasteiger partial charge in [0, 0.05) is 6.42 Å². The van der Waals surface area contributed by atoms with Crippen LogP contribution in [-0.4, -0.2) is 16.8 Å². The zero-order valence-electron chi connectivity index (χ0n) is 12.4. The highest BCUT2D eigenvalue weighted by molar-refractivity contribution is 6.36. The molecule has 2 aromatic rings. The molecule has 1 N–H and O–H groups in total. The topological polar surface area (TPSA) is 52.9 Å². The molecule has 7 heteroatoms. The smallest absolute Gasteiger partial charge is 0.416 e. The molecule has 1 aliphatic heterocycles. The van der Waals surface area contributed by atoms with Crippen LogP contribution in [0.3, 0.4) is 0 Å². The molecule has 24 heavy (non-hydrogen) atoms. The van der Waals surface area contributed by atoms with E-state index in [1.165, 1.54) is 17.1 Å². The lowest BCUT2D eigenvalue weighted by Gasteiger charge is -2.24. The van der Waals surface area contributed by atoms with E-state index >= 15 is 0 Å². The Morgan fingerprint density at radius 2 is 1.83 bits per heavy atom. The van der Waals surface area contributed by atoms with Gasteiger partial charge < -0.3 is 5.11 Å². The first-order valence-electron chi connectivity index (χ1n) is 7.18. The minimum atomic E-state index is -4.47. The van der Waals surface area contributed by atoms with Crippen LogP contribution >= 0.6 is 0 Å². The van der Waals surface area contributed by atoms with Gasteiger partial charge in [-0.25, -0.2) is 4.79 Å². The molecule has 0 radical (unpaired) electrons. The first-order chi connectivity index (χ1) is 11.4. The molecule has 0 spiro atoms. The van der Waals surface area contributed by atoms with Crippen molar-refractivity contribution in [3.8, 4) is 0 Å². The number of benzene rings is 2. The first kappa shape index (κ1) is 16.0. The molecule has 0 fully saturated rings. The lowest BCUT2D eigenvalue weighted by Crippen LogP contribution is -2.19. The van der Waals surface area contributed by atoms with Crippen LogP contribution in [0.2, 0.25) is 0 Å². The van der Waals surface area contributed by atoms with Crippen LogP contribution in [0, 0.1) is 0 Å². The van der Waals surface area contributed by atoms with Gasteiger partial charge in [-0.05, 0) is 23.8 Å². The fourth-order valence-corrected chi connectivity index (χ4v) is 2.64. The number of aliphatic carboxylic acids is 1. The molecule has 0 saturated carbocycles. The van der Waals surface area contributed by atoms with Gasteiger partial charge in [0.25, 0.3) is 0 Å². The molecule has 0 saturated heterocycles. The Kier molecular flexibility index (Phi) is 4.01. The SMILES string of the molecule is O=C(O)C1=NN(c2cccc(C(F)(F)F)c2)[C@@H](c2ccccc2)C1. The number of carboxylic acid groups (broad SMARTS) is 1. The maximum absolute atomic E-state index is 12.9. The molecule has 0 amide bonds. The van der Waals surface area contributed by atoms with E-state index in [1.54, 1.807) is 24.3 Å². The fourth-order valence-electron chi connectivity index (χ4n) is 2.64. The molecular weight excluding hydrogens is 321 g/mol. The van der Waals surface area contributed by atoms with Crippen molar-refractivity contribution < 1.29 is 23.1 Å². The predicted octanol–water partition coefficient (Wildman–Crippen LogP) is 4.10. The van der Waals surface area contributed by atoms with Gasteiger partial charge in [0.15, 0.2) is 0 Å². The average Bonchev–Trinajstić information content (AvgIpc) is 3.01. The Bertz CT molecular complexity index is 788. The Balaban J connectivity index is 2.03. The van der Waals surface area contributed by atoms with Crippen LogP contribution in [0.1, 0.15) is 23.6 Å². The Morgan fingerprint density at radius 1 is 1.12 bits per heavy atom. The largest absolute Gasteiger partial charge is 0.477 e. The van der Waals surface area contributed by atoms with E-state index in [2.05, 4.69) is 5.10 Å². The molecule has 1 atom stereocenters. The van der Waals surface area contributed by atoms with Gasteiger partial charge in [-0.15, -0.1) is 0 Å². The molecule has 3 rings (SSSR count). The van der Waals surface area contributed by atoms with Crippen molar-refractivity contribution >= 4 is 17.4 Å². The lowest BCUT2D eigenvalue weighted by molar-refractivity contribution is -0.137. The van der Waals surface area contributed by atoms with Crippen molar-refractivity contribution in [3.63, 3.8) is 0 Å². The van der Waals surface area contributed by atoms with Gasteiger partial charge in [-0.1, -0.05) is 36.4 Å². The van der Waals surface area contributed by atoms with E-state index in [1.807, 2.05) is 6.07 Å². The van der Waals surface area contributed by atoms with E-state index in [0.29, 0.717) is 0 Å². The molecule has 2 aromatic carbocycles. The summed E-state index contributed by atoms with van der Waals surface area (Å²) >= 11 is 0. The predicted molar refractivity (Wildman–Crippen MR) is 82.8 cm³/mol. The van der Waals surface area contributed by atoms with E-state index in [0.717, 1.165) is 17.7 Å². The van der Waals surface area contributed by atoms with E-state index in [9.17, 15) is 23.1 Å². The van der Waals surface area contributed by atoms with Crippen LogP contribution in [0.4, 0.5) is 18.9 Å². The summed E-state index contributed by atoms with van der Waals surface area (Å²) in [5.74, 6) is -1.18. The lowest BCUT2D eigenvalue weighted by atomic mass is 10.0. The zero-order chi connectivity index (χ0) is 17.3. The maximum Gasteiger partial charge on any atom is 0.416 e. The Hall–Kier alpha value is -2.83. The standard InChI is InChI=1S/C17H13F3N2O2/c18-17(19,20)12-7-4-8-13(9-12)22-15(10-14(21-22)16(23)24)11-5-2-1-3-6-11/h1-9,15H,10H2,(H,23,24)/t15-/m1/s1. The minimum absolute atomic E-state index is 0.0822. The summed E-state index contributed by atoms with van der Waals surface area (Å²) in [7, 11) is 0. The quantitative estimate of drug-likeness (QED) is 0.919. The summed E-state index contributed by atoms with van der Waals surface area (Å²) in [6.45, 7) is 0. The van der Waals surface area contributed by atoms with Gasteiger partial charge in [0.1, 0.15) is 5.71 Å². The fraction of sp³-hybridized carbons (Fsp3) is 0.176. The van der Waals surface area contributed by atoms with Gasteiger partial charge in [0.05, 0.1) is 17.3 Å². The third-order valence-corrected chi connectivity index (χ3v) is 3.78. The molecule has 4 nitrogen and oxygen atoms in total. The van der Waals surface area contributed by atoms with Crippen molar-refractivity contribution in [1.82, 2.24) is 0 Å². The number of rotatable bonds is 3. The molecule has 0 bridgehead atoms. The number of hydrazone groups is 1. The number of carboxylic acids is 1. The molecule has 1 aliphatic rings. The molecule has 124 valence electrons. The third kappa shape index (κ3) is 3.10. The van der Waals surface area contributed by atoms with Crippen molar-refractivity contribution in [1.29, 1.82) is 0 Å². The highest BCUT2D eigenvalue weighted by Gasteiger charge is 2.35. The summed E-state index contributed by atoms with van der Waals surface area (Å²) in [5.41, 5.74) is 0.108. The molecule has 0 aliphatic carbocycles. The molecule has 1 heterocycles. The van der Waals surface area contributed by atoms with E-state index < -0.39 is 23.8 Å². The summed E-state index contributed by atoms with van der Waals surface area (Å²) in [5, 5.41) is 14.6. The summed E-state index contributed by atoms with van der Waals surface area (Å²) in [6, 6.07) is 13.2. The molecule has 0 unspecified atom stereocenters. The monoisotopic (exact) mass is 334 g/mol. The number of hydrogen-bond acceptors (Lipinski definition) is 3. The van der Waals surface area contributed by atoms with E-state index in [4.69, 9.17) is 0 Å². The molecular formula is C17H13F3N2O2. The number of alkyl halides is 3. The van der Waals surface area contributed by atoms with Crippen LogP contribution in [0.15, 0.2) is 59.7 Å². The number of anilines is 1. The number of hydrogen-bond donors (Lipinski definition) is 1. The van der Waals surface area contributed by atoms with Crippen LogP contribution in [0.25, 0.3) is 0 Å². The highest BCUT2D eigenvalue weighted by atomic mass is 19.4. The minimum Gasteiger partial charge on any atom is -0.477 e. The normalized spacial score (nSPS) is 17.7. The second-order valence-electron chi connectivity index (χ2n) is 5.38. The zero-order valence-corrected chi connectivity index (χ0v) is 12.4. The van der Waals surface area contributed by atoms with Crippen molar-refractivity contribution in [2.45, 2.75) is 18.6 Å². The van der Waals surface area contributed by atoms with E-state index in [-0.39, 0.29) is 17.8 Å². The van der Waals surface area contributed by atoms with Crippen molar-refractivity contribution in [2.75, 3.05) is 5.01 Å². The number of carbonyl (C=O) groups is 1. The number of nitrogens with zero attached hydrogens (tertiary/aromatic N) is 2. The highest BCUT2D eigenvalue weighted by Crippen LogP contribution is 2.38. The Morgan fingerprint density at radius 3 is 2.46 bits per heavy atom. The van der Waals surface area contributed by atoms with Gasteiger partial charge >= 0.3 is 12.1 Å². The second kappa shape index (κ2) is 5.99. The van der Waals surface area contributed by atoms with Crippen LogP contribution < -0.4 is 5.01 Å². The summed E-state index contributed by atoms with van der Waals surface area (Å²) in [4.78, 5) is 11.2. The molecule has 0 aromatic heterocycles. The van der Waals surface area contributed by atoms with Crippen LogP contribution in [-0.2, 0) is 11.0 Å². The second-order valence-corrected chi connectivity index (χ2v) is 5.38. The average molecular weight is 334 g/mol. The van der Waals surface area contributed by atoms with Crippen molar-refractivity contribution in [3.05, 3.63) is 65.7 Å². The number of halogens is 3. The van der Waals surface area contributed by atoms with Gasteiger partial charge in [0.2, 0.25) is 0 Å². The third-order valence-electron chi connectivity index (χ3n) is 3.78.